The van der Waals surface area contributed by atoms with Crippen LogP contribution in [0.15, 0.2) is 36.0 Å². The minimum Gasteiger partial charge on any atom is -0.406 e. The predicted octanol–water partition coefficient (Wildman–Crippen LogP) is 4.47. The lowest BCUT2D eigenvalue weighted by Crippen LogP contribution is -2.35. The van der Waals surface area contributed by atoms with Gasteiger partial charge in [-0.05, 0) is 24.6 Å². The molecule has 2 heterocycles. The highest BCUT2D eigenvalue weighted by Gasteiger charge is 2.32. The minimum absolute atomic E-state index is 0.316. The second-order valence-corrected chi connectivity index (χ2v) is 6.53. The van der Waals surface area contributed by atoms with Crippen molar-refractivity contribution in [2.75, 3.05) is 0 Å². The van der Waals surface area contributed by atoms with E-state index >= 15 is 0 Å². The van der Waals surface area contributed by atoms with Gasteiger partial charge in [0, 0.05) is 5.38 Å². The van der Waals surface area contributed by atoms with Gasteiger partial charge >= 0.3 is 6.36 Å². The molecular formula is C15H11ClF3N3OS. The summed E-state index contributed by atoms with van der Waals surface area (Å²) in [6.07, 6.45) is -3.35. The molecule has 1 aromatic carbocycles. The highest BCUT2D eigenvalue weighted by atomic mass is 35.5. The summed E-state index contributed by atoms with van der Waals surface area (Å²) in [5, 5.41) is 2.87. The highest BCUT2D eigenvalue weighted by molar-refractivity contribution is 7.17. The largest absolute Gasteiger partial charge is 0.573 e. The number of benzene rings is 1. The van der Waals surface area contributed by atoms with Crippen molar-refractivity contribution in [3.63, 3.8) is 0 Å². The number of ether oxygens (including phenoxy) is 1. The standard InChI is InChI=1S/C15H11ClF3N3OS/c1-14(20,8-2-4-9(5-3-8)23-15(17,18)19)12-11-10(16)6-24-13(11)22-7-21-12/h2-7H,20H2,1H3/t14-/m0/s1. The first kappa shape index (κ1) is 16.9. The summed E-state index contributed by atoms with van der Waals surface area (Å²) in [7, 11) is 0. The summed E-state index contributed by atoms with van der Waals surface area (Å²) in [5.74, 6) is -0.316. The zero-order valence-corrected chi connectivity index (χ0v) is 13.8. The van der Waals surface area contributed by atoms with Crippen molar-refractivity contribution in [3.05, 3.63) is 52.3 Å². The van der Waals surface area contributed by atoms with Crippen LogP contribution >= 0.6 is 22.9 Å². The van der Waals surface area contributed by atoms with Crippen LogP contribution in [0.5, 0.6) is 5.75 Å². The molecule has 0 fully saturated rings. The first-order valence-electron chi connectivity index (χ1n) is 6.72. The number of hydrogen-bond donors (Lipinski definition) is 1. The van der Waals surface area contributed by atoms with Crippen molar-refractivity contribution in [2.24, 2.45) is 5.73 Å². The first-order valence-corrected chi connectivity index (χ1v) is 7.97. The number of alkyl halides is 3. The van der Waals surface area contributed by atoms with Gasteiger partial charge in [0.25, 0.3) is 0 Å². The van der Waals surface area contributed by atoms with Gasteiger partial charge in [0.15, 0.2) is 0 Å². The average Bonchev–Trinajstić information content (AvgIpc) is 2.88. The van der Waals surface area contributed by atoms with Gasteiger partial charge in [-0.15, -0.1) is 24.5 Å². The van der Waals surface area contributed by atoms with Crippen LogP contribution in [0.4, 0.5) is 13.2 Å². The van der Waals surface area contributed by atoms with Crippen molar-refractivity contribution in [1.82, 2.24) is 9.97 Å². The fourth-order valence-electron chi connectivity index (χ4n) is 2.37. The predicted molar refractivity (Wildman–Crippen MR) is 86.2 cm³/mol. The fourth-order valence-corrected chi connectivity index (χ4v) is 3.51. The molecule has 0 saturated carbocycles. The van der Waals surface area contributed by atoms with E-state index in [1.807, 2.05) is 0 Å². The van der Waals surface area contributed by atoms with Crippen LogP contribution in [-0.2, 0) is 5.54 Å². The van der Waals surface area contributed by atoms with Crippen molar-refractivity contribution in [2.45, 2.75) is 18.8 Å². The Bertz CT molecular complexity index is 878. The number of thiophene rings is 1. The quantitative estimate of drug-likeness (QED) is 0.736. The van der Waals surface area contributed by atoms with Gasteiger partial charge in [-0.3, -0.25) is 0 Å². The highest BCUT2D eigenvalue weighted by Crippen LogP contribution is 2.37. The van der Waals surface area contributed by atoms with Gasteiger partial charge in [0.1, 0.15) is 16.9 Å². The van der Waals surface area contributed by atoms with Crippen LogP contribution in [0.1, 0.15) is 18.2 Å². The molecule has 4 nitrogen and oxygen atoms in total. The summed E-state index contributed by atoms with van der Waals surface area (Å²) in [6, 6.07) is 5.35. The summed E-state index contributed by atoms with van der Waals surface area (Å²) in [6.45, 7) is 1.71. The topological polar surface area (TPSA) is 61.0 Å². The summed E-state index contributed by atoms with van der Waals surface area (Å²) in [5.41, 5.74) is 6.43. The lowest BCUT2D eigenvalue weighted by Gasteiger charge is -2.25. The maximum absolute atomic E-state index is 12.2. The second-order valence-electron chi connectivity index (χ2n) is 5.26. The van der Waals surface area contributed by atoms with E-state index in [-0.39, 0.29) is 5.75 Å². The molecule has 3 rings (SSSR count). The molecule has 0 aliphatic rings. The van der Waals surface area contributed by atoms with E-state index in [0.717, 1.165) is 0 Å². The van der Waals surface area contributed by atoms with Gasteiger partial charge in [-0.25, -0.2) is 9.97 Å². The molecule has 0 amide bonds. The van der Waals surface area contributed by atoms with Crippen LogP contribution in [0.3, 0.4) is 0 Å². The smallest absolute Gasteiger partial charge is 0.406 e. The Kier molecular flexibility index (Phi) is 4.15. The van der Waals surface area contributed by atoms with Gasteiger partial charge in [-0.1, -0.05) is 23.7 Å². The molecule has 0 bridgehead atoms. The summed E-state index contributed by atoms with van der Waals surface area (Å²) < 4.78 is 40.6. The Morgan fingerprint density at radius 1 is 1.17 bits per heavy atom. The zero-order valence-electron chi connectivity index (χ0n) is 12.3. The van der Waals surface area contributed by atoms with E-state index in [4.69, 9.17) is 17.3 Å². The fraction of sp³-hybridized carbons (Fsp3) is 0.200. The minimum atomic E-state index is -4.74. The third kappa shape index (κ3) is 3.17. The molecule has 3 aromatic rings. The third-order valence-electron chi connectivity index (χ3n) is 3.50. The van der Waals surface area contributed by atoms with E-state index in [0.29, 0.717) is 26.5 Å². The number of nitrogens with two attached hydrogens (primary N) is 1. The summed E-state index contributed by atoms with van der Waals surface area (Å²) >= 11 is 7.56. The van der Waals surface area contributed by atoms with Gasteiger partial charge in [-0.2, -0.15) is 0 Å². The van der Waals surface area contributed by atoms with E-state index in [9.17, 15) is 13.2 Å². The monoisotopic (exact) mass is 373 g/mol. The molecular weight excluding hydrogens is 363 g/mol. The molecule has 24 heavy (non-hydrogen) atoms. The van der Waals surface area contributed by atoms with Gasteiger partial charge in [0.05, 0.1) is 21.6 Å². The van der Waals surface area contributed by atoms with E-state index in [1.54, 1.807) is 12.3 Å². The maximum Gasteiger partial charge on any atom is 0.573 e. The molecule has 0 unspecified atom stereocenters. The molecule has 0 radical (unpaired) electrons. The molecule has 2 N–H and O–H groups in total. The first-order chi connectivity index (χ1) is 11.2. The number of aromatic nitrogens is 2. The SMILES string of the molecule is C[C@](N)(c1ccc(OC(F)(F)F)cc1)c1ncnc2scc(Cl)c12. The van der Waals surface area contributed by atoms with Gasteiger partial charge < -0.3 is 10.5 Å². The van der Waals surface area contributed by atoms with E-state index < -0.39 is 11.9 Å². The third-order valence-corrected chi connectivity index (χ3v) is 4.82. The zero-order chi connectivity index (χ0) is 17.5. The number of nitrogens with zero attached hydrogens (tertiary/aromatic N) is 2. The van der Waals surface area contributed by atoms with Crippen LogP contribution in [0.2, 0.25) is 5.02 Å². The number of hydrogen-bond acceptors (Lipinski definition) is 5. The molecule has 126 valence electrons. The molecule has 0 aliphatic carbocycles. The van der Waals surface area contributed by atoms with Crippen molar-refractivity contribution < 1.29 is 17.9 Å². The number of rotatable bonds is 3. The van der Waals surface area contributed by atoms with Crippen molar-refractivity contribution >= 4 is 33.2 Å². The van der Waals surface area contributed by atoms with E-state index in [1.165, 1.54) is 41.9 Å². The Balaban J connectivity index is 2.02. The van der Waals surface area contributed by atoms with Crippen LogP contribution < -0.4 is 10.5 Å². The Morgan fingerprint density at radius 2 is 1.83 bits per heavy atom. The Morgan fingerprint density at radius 3 is 2.46 bits per heavy atom. The number of halogens is 4. The van der Waals surface area contributed by atoms with Crippen LogP contribution in [0, 0.1) is 0 Å². The molecule has 0 spiro atoms. The molecule has 9 heteroatoms. The van der Waals surface area contributed by atoms with Gasteiger partial charge in [0.2, 0.25) is 0 Å². The molecule has 0 saturated heterocycles. The molecule has 1 atom stereocenters. The lowest BCUT2D eigenvalue weighted by molar-refractivity contribution is -0.274. The lowest BCUT2D eigenvalue weighted by atomic mass is 9.88. The van der Waals surface area contributed by atoms with Crippen molar-refractivity contribution in [3.8, 4) is 5.75 Å². The van der Waals surface area contributed by atoms with Crippen LogP contribution in [-0.4, -0.2) is 16.3 Å². The van der Waals surface area contributed by atoms with E-state index in [2.05, 4.69) is 14.7 Å². The molecule has 2 aromatic heterocycles. The van der Waals surface area contributed by atoms with Crippen molar-refractivity contribution in [1.29, 1.82) is 0 Å². The number of fused-ring (bicyclic) bond motifs is 1. The Labute approximate surface area is 144 Å². The Hall–Kier alpha value is -1.90. The average molecular weight is 374 g/mol. The summed E-state index contributed by atoms with van der Waals surface area (Å²) in [4.78, 5) is 9.08. The maximum atomic E-state index is 12.2. The second kappa shape index (κ2) is 5.87. The molecule has 0 aliphatic heterocycles. The normalized spacial score (nSPS) is 14.6. The van der Waals surface area contributed by atoms with Crippen LogP contribution in [0.25, 0.3) is 10.2 Å².